The number of hydrogen-bond donors (Lipinski definition) is 3. The number of carboxylic acids is 1. The lowest BCUT2D eigenvalue weighted by molar-refractivity contribution is -0.153. The number of likely N-dealkylation sites (N-methyl/N-ethyl adjacent to an activating group) is 1. The molecule has 1 fully saturated rings. The highest BCUT2D eigenvalue weighted by Gasteiger charge is 2.40. The van der Waals surface area contributed by atoms with Crippen LogP contribution in [0.25, 0.3) is 0 Å². The third-order valence-corrected chi connectivity index (χ3v) is 3.82. The third-order valence-electron chi connectivity index (χ3n) is 3.82. The molecule has 0 spiro atoms. The number of nitrogens with zero attached hydrogens (tertiary/aromatic N) is 1. The van der Waals surface area contributed by atoms with Crippen LogP contribution < -0.4 is 10.6 Å². The second-order valence-corrected chi connectivity index (χ2v) is 5.40. The molecule has 0 bridgehead atoms. The average molecular weight is 325 g/mol. The summed E-state index contributed by atoms with van der Waals surface area (Å²) in [6, 6.07) is -2.88. The summed E-state index contributed by atoms with van der Waals surface area (Å²) >= 11 is 0. The van der Waals surface area contributed by atoms with Crippen LogP contribution in [0, 0.1) is 0 Å². The highest BCUT2D eigenvalue weighted by atomic mass is 19.4. The Balaban J connectivity index is 2.36. The number of carbonyl (C=O) groups is 2. The summed E-state index contributed by atoms with van der Waals surface area (Å²) in [5, 5.41) is 13.2. The van der Waals surface area contributed by atoms with Crippen LogP contribution in [0.2, 0.25) is 0 Å². The first-order valence-electron chi connectivity index (χ1n) is 7.26. The van der Waals surface area contributed by atoms with Gasteiger partial charge in [-0.15, -0.1) is 0 Å². The quantitative estimate of drug-likeness (QED) is 0.663. The van der Waals surface area contributed by atoms with Crippen LogP contribution in [0.4, 0.5) is 18.0 Å². The maximum atomic E-state index is 12.5. The number of alkyl halides is 3. The Morgan fingerprint density at radius 3 is 2.32 bits per heavy atom. The zero-order valence-electron chi connectivity index (χ0n) is 12.6. The van der Waals surface area contributed by atoms with Gasteiger partial charge in [-0.05, 0) is 25.8 Å². The molecule has 6 nitrogen and oxygen atoms in total. The van der Waals surface area contributed by atoms with Crippen LogP contribution in [0.15, 0.2) is 0 Å². The molecule has 0 aromatic heterocycles. The van der Waals surface area contributed by atoms with Gasteiger partial charge in [0.1, 0.15) is 6.04 Å². The Morgan fingerprint density at radius 1 is 1.32 bits per heavy atom. The number of aliphatic carboxylic acids is 1. The van der Waals surface area contributed by atoms with Crippen LogP contribution in [-0.2, 0) is 4.79 Å². The van der Waals surface area contributed by atoms with Crippen molar-refractivity contribution in [2.24, 2.45) is 0 Å². The number of rotatable bonds is 7. The standard InChI is InChI=1S/C13H22F3N3O3/c1-3-10(13(14,15)16)18-12(22)17-8-5-9(6-8)19(4-2)7-11(20)21/h8-10H,3-7H2,1-2H3,(H,20,21)(H2,17,18,22)/t8?,9?,10-/m0/s1. The first-order valence-corrected chi connectivity index (χ1v) is 7.26. The number of amides is 2. The molecule has 0 saturated heterocycles. The van der Waals surface area contributed by atoms with E-state index in [9.17, 15) is 22.8 Å². The molecule has 9 heteroatoms. The number of nitrogens with one attached hydrogen (secondary N) is 2. The molecule has 1 aliphatic carbocycles. The second-order valence-electron chi connectivity index (χ2n) is 5.40. The maximum absolute atomic E-state index is 12.5. The molecule has 1 atom stereocenters. The van der Waals surface area contributed by atoms with Crippen molar-refractivity contribution >= 4 is 12.0 Å². The SMILES string of the molecule is CC[C@H](NC(=O)NC1CC(N(CC)CC(=O)O)C1)C(F)(F)F. The highest BCUT2D eigenvalue weighted by molar-refractivity contribution is 5.74. The molecule has 1 rings (SSSR count). The molecular formula is C13H22F3N3O3. The summed E-state index contributed by atoms with van der Waals surface area (Å²) < 4.78 is 37.6. The van der Waals surface area contributed by atoms with Crippen molar-refractivity contribution in [2.75, 3.05) is 13.1 Å². The summed E-state index contributed by atoms with van der Waals surface area (Å²) in [6.07, 6.45) is -3.62. The highest BCUT2D eigenvalue weighted by Crippen LogP contribution is 2.26. The number of carbonyl (C=O) groups excluding carboxylic acids is 1. The van der Waals surface area contributed by atoms with Crippen LogP contribution in [0.5, 0.6) is 0 Å². The maximum Gasteiger partial charge on any atom is 0.408 e. The fraction of sp³-hybridized carbons (Fsp3) is 0.846. The van der Waals surface area contributed by atoms with Gasteiger partial charge in [-0.1, -0.05) is 13.8 Å². The van der Waals surface area contributed by atoms with Gasteiger partial charge in [-0.3, -0.25) is 9.69 Å². The number of urea groups is 1. The summed E-state index contributed by atoms with van der Waals surface area (Å²) in [7, 11) is 0. The molecule has 0 aromatic rings. The van der Waals surface area contributed by atoms with Crippen molar-refractivity contribution in [3.8, 4) is 0 Å². The minimum absolute atomic E-state index is 0.0380. The lowest BCUT2D eigenvalue weighted by Crippen LogP contribution is -2.58. The molecule has 0 radical (unpaired) electrons. The van der Waals surface area contributed by atoms with E-state index in [4.69, 9.17) is 5.11 Å². The summed E-state index contributed by atoms with van der Waals surface area (Å²) in [4.78, 5) is 24.0. The van der Waals surface area contributed by atoms with Gasteiger partial charge in [0.05, 0.1) is 6.54 Å². The minimum Gasteiger partial charge on any atom is -0.480 e. The van der Waals surface area contributed by atoms with Gasteiger partial charge in [0.15, 0.2) is 0 Å². The third kappa shape index (κ3) is 5.36. The van der Waals surface area contributed by atoms with E-state index >= 15 is 0 Å². The molecule has 3 N–H and O–H groups in total. The van der Waals surface area contributed by atoms with Crippen molar-refractivity contribution in [3.05, 3.63) is 0 Å². The first kappa shape index (κ1) is 18.5. The molecule has 1 aliphatic rings. The van der Waals surface area contributed by atoms with Gasteiger partial charge in [-0.25, -0.2) is 4.79 Å². The fourth-order valence-electron chi connectivity index (χ4n) is 2.48. The fourth-order valence-corrected chi connectivity index (χ4v) is 2.48. The predicted molar refractivity (Wildman–Crippen MR) is 73.5 cm³/mol. The van der Waals surface area contributed by atoms with Gasteiger partial charge < -0.3 is 15.7 Å². The summed E-state index contributed by atoms with van der Waals surface area (Å²) in [5.74, 6) is -0.924. The van der Waals surface area contributed by atoms with Crippen LogP contribution in [0.1, 0.15) is 33.1 Å². The van der Waals surface area contributed by atoms with E-state index in [-0.39, 0.29) is 25.0 Å². The van der Waals surface area contributed by atoms with Gasteiger partial charge in [0, 0.05) is 12.1 Å². The lowest BCUT2D eigenvalue weighted by Gasteiger charge is -2.42. The van der Waals surface area contributed by atoms with Gasteiger partial charge in [0.25, 0.3) is 0 Å². The smallest absolute Gasteiger partial charge is 0.408 e. The molecular weight excluding hydrogens is 303 g/mol. The van der Waals surface area contributed by atoms with E-state index in [1.807, 2.05) is 12.2 Å². The largest absolute Gasteiger partial charge is 0.480 e. The zero-order valence-corrected chi connectivity index (χ0v) is 12.6. The van der Waals surface area contributed by atoms with E-state index in [1.165, 1.54) is 6.92 Å². The normalized spacial score (nSPS) is 22.8. The van der Waals surface area contributed by atoms with Gasteiger partial charge in [0.2, 0.25) is 0 Å². The Kier molecular flexibility index (Phi) is 6.46. The van der Waals surface area contributed by atoms with E-state index in [2.05, 4.69) is 5.32 Å². The van der Waals surface area contributed by atoms with Gasteiger partial charge in [-0.2, -0.15) is 13.2 Å². The van der Waals surface area contributed by atoms with E-state index in [1.54, 1.807) is 4.90 Å². The van der Waals surface area contributed by atoms with Crippen molar-refractivity contribution in [3.63, 3.8) is 0 Å². The Bertz CT molecular complexity index is 398. The second kappa shape index (κ2) is 7.66. The molecule has 0 heterocycles. The Morgan fingerprint density at radius 2 is 1.91 bits per heavy atom. The van der Waals surface area contributed by atoms with Crippen LogP contribution in [0.3, 0.4) is 0 Å². The van der Waals surface area contributed by atoms with E-state index < -0.39 is 24.2 Å². The van der Waals surface area contributed by atoms with E-state index in [0.29, 0.717) is 19.4 Å². The lowest BCUT2D eigenvalue weighted by atomic mass is 9.85. The number of carboxylic acid groups (broad SMARTS) is 1. The molecule has 22 heavy (non-hydrogen) atoms. The molecule has 1 saturated carbocycles. The minimum atomic E-state index is -4.46. The topological polar surface area (TPSA) is 81.7 Å². The summed E-state index contributed by atoms with van der Waals surface area (Å²) in [5.41, 5.74) is 0. The number of hydrogen-bond acceptors (Lipinski definition) is 3. The molecule has 0 unspecified atom stereocenters. The Hall–Kier alpha value is -1.51. The summed E-state index contributed by atoms with van der Waals surface area (Å²) in [6.45, 7) is 3.68. The first-order chi connectivity index (χ1) is 10.2. The van der Waals surface area contributed by atoms with Crippen molar-refractivity contribution in [2.45, 2.75) is 57.4 Å². The molecule has 2 amide bonds. The molecule has 0 aliphatic heterocycles. The monoisotopic (exact) mass is 325 g/mol. The molecule has 0 aromatic carbocycles. The average Bonchev–Trinajstić information content (AvgIpc) is 2.35. The van der Waals surface area contributed by atoms with Crippen molar-refractivity contribution < 1.29 is 27.9 Å². The van der Waals surface area contributed by atoms with Crippen LogP contribution >= 0.6 is 0 Å². The predicted octanol–water partition coefficient (Wildman–Crippen LogP) is 1.56. The van der Waals surface area contributed by atoms with Crippen LogP contribution in [-0.4, -0.2) is 59.4 Å². The van der Waals surface area contributed by atoms with E-state index in [0.717, 1.165) is 0 Å². The van der Waals surface area contributed by atoms with Crippen molar-refractivity contribution in [1.29, 1.82) is 0 Å². The van der Waals surface area contributed by atoms with Crippen molar-refractivity contribution in [1.82, 2.24) is 15.5 Å². The number of halogens is 3. The van der Waals surface area contributed by atoms with Gasteiger partial charge >= 0.3 is 18.2 Å². The Labute approximate surface area is 127 Å². The zero-order chi connectivity index (χ0) is 16.9. The molecule has 128 valence electrons.